The molecule has 0 radical (unpaired) electrons. The van der Waals surface area contributed by atoms with Crippen LogP contribution in [0, 0.1) is 23.7 Å². The first-order valence-electron chi connectivity index (χ1n) is 14.0. The molecular formula is C31H38N4O3. The van der Waals surface area contributed by atoms with Crippen molar-refractivity contribution >= 4 is 22.9 Å². The number of aromatic amines is 1. The first-order valence-corrected chi connectivity index (χ1v) is 14.0. The van der Waals surface area contributed by atoms with Gasteiger partial charge in [-0.3, -0.25) is 9.69 Å². The van der Waals surface area contributed by atoms with Crippen LogP contribution < -0.4 is 11.1 Å². The van der Waals surface area contributed by atoms with E-state index in [9.17, 15) is 14.7 Å². The Morgan fingerprint density at radius 3 is 2.32 bits per heavy atom. The molecule has 5 N–H and O–H groups in total. The zero-order chi connectivity index (χ0) is 26.4. The van der Waals surface area contributed by atoms with Crippen molar-refractivity contribution in [2.75, 3.05) is 6.54 Å². The molecule has 3 aromatic rings. The Bertz CT molecular complexity index is 1290. The molecule has 38 heavy (non-hydrogen) atoms. The number of carboxylic acid groups (broad SMARTS) is 1. The van der Waals surface area contributed by atoms with Crippen LogP contribution in [0.2, 0.25) is 0 Å². The fourth-order valence-electron chi connectivity index (χ4n) is 8.12. The van der Waals surface area contributed by atoms with Crippen molar-refractivity contribution in [2.45, 2.75) is 63.1 Å². The smallest absolute Gasteiger partial charge is 0.408 e. The quantitative estimate of drug-likeness (QED) is 0.335. The van der Waals surface area contributed by atoms with E-state index in [0.717, 1.165) is 47.7 Å². The van der Waals surface area contributed by atoms with Gasteiger partial charge in [-0.1, -0.05) is 48.5 Å². The van der Waals surface area contributed by atoms with E-state index in [1.807, 2.05) is 67.7 Å². The standard InChI is InChI=1S/C31H38N4O3/c1-31(16-24-17-33-27-10-6-5-9-25(24)27,29(36)34-18-26(32)21-7-3-2-4-8-21)35(30(37)38)28-22-12-19-11-20(14-22)15-23(28)13-19/h2-10,17,19-20,22-23,26,28,33H,11-16,18,32H2,1H3,(H,34,36)(H,37,38). The van der Waals surface area contributed by atoms with Crippen LogP contribution in [-0.4, -0.2) is 45.1 Å². The second-order valence-corrected chi connectivity index (χ2v) is 12.1. The highest BCUT2D eigenvalue weighted by molar-refractivity contribution is 5.91. The molecule has 7 rings (SSSR count). The molecule has 0 aliphatic heterocycles. The van der Waals surface area contributed by atoms with Gasteiger partial charge >= 0.3 is 6.09 Å². The van der Waals surface area contributed by atoms with Gasteiger partial charge in [0.15, 0.2) is 0 Å². The molecule has 2 atom stereocenters. The molecule has 7 nitrogen and oxygen atoms in total. The number of carbonyl (C=O) groups excluding carboxylic acids is 1. The molecule has 1 aromatic heterocycles. The van der Waals surface area contributed by atoms with Gasteiger partial charge in [-0.15, -0.1) is 0 Å². The number of fused-ring (bicyclic) bond motifs is 1. The highest BCUT2D eigenvalue weighted by Crippen LogP contribution is 2.56. The molecule has 2 unspecified atom stereocenters. The number of hydrogen-bond acceptors (Lipinski definition) is 3. The van der Waals surface area contributed by atoms with Gasteiger partial charge in [0.2, 0.25) is 5.91 Å². The number of hydrogen-bond donors (Lipinski definition) is 4. The van der Waals surface area contributed by atoms with Crippen LogP contribution in [0.4, 0.5) is 4.79 Å². The van der Waals surface area contributed by atoms with Crippen molar-refractivity contribution in [1.29, 1.82) is 0 Å². The van der Waals surface area contributed by atoms with Crippen molar-refractivity contribution in [3.05, 3.63) is 71.9 Å². The molecule has 4 bridgehead atoms. The second kappa shape index (κ2) is 9.77. The molecule has 4 fully saturated rings. The minimum Gasteiger partial charge on any atom is -0.465 e. The van der Waals surface area contributed by atoms with Gasteiger partial charge in [0.1, 0.15) is 5.54 Å². The van der Waals surface area contributed by atoms with E-state index < -0.39 is 11.6 Å². The molecule has 4 saturated carbocycles. The summed E-state index contributed by atoms with van der Waals surface area (Å²) in [6.07, 6.45) is 6.79. The Labute approximate surface area is 223 Å². The highest BCUT2D eigenvalue weighted by atomic mass is 16.4. The summed E-state index contributed by atoms with van der Waals surface area (Å²) in [5.41, 5.74) is 7.99. The number of nitrogens with zero attached hydrogens (tertiary/aromatic N) is 1. The number of carbonyl (C=O) groups is 2. The van der Waals surface area contributed by atoms with Gasteiger partial charge in [-0.05, 0) is 79.9 Å². The summed E-state index contributed by atoms with van der Waals surface area (Å²) in [7, 11) is 0. The van der Waals surface area contributed by atoms with Crippen molar-refractivity contribution in [2.24, 2.45) is 29.4 Å². The number of aromatic nitrogens is 1. The summed E-state index contributed by atoms with van der Waals surface area (Å²) in [6.45, 7) is 2.05. The maximum atomic E-state index is 14.2. The third-order valence-electron chi connectivity index (χ3n) is 9.62. The van der Waals surface area contributed by atoms with E-state index in [-0.39, 0.29) is 24.5 Å². The largest absolute Gasteiger partial charge is 0.465 e. The Morgan fingerprint density at radius 2 is 1.66 bits per heavy atom. The zero-order valence-electron chi connectivity index (χ0n) is 22.0. The average molecular weight is 515 g/mol. The highest BCUT2D eigenvalue weighted by Gasteiger charge is 2.56. The Hall–Kier alpha value is -3.32. The average Bonchev–Trinajstić information content (AvgIpc) is 3.31. The normalized spacial score (nSPS) is 28.1. The lowest BCUT2D eigenvalue weighted by Crippen LogP contribution is -2.68. The number of para-hydroxylation sites is 1. The van der Waals surface area contributed by atoms with E-state index >= 15 is 0 Å². The van der Waals surface area contributed by atoms with Gasteiger partial charge in [0.05, 0.1) is 0 Å². The number of nitrogens with one attached hydrogen (secondary N) is 2. The summed E-state index contributed by atoms with van der Waals surface area (Å²) in [5.74, 6) is 1.78. The fourth-order valence-corrected chi connectivity index (χ4v) is 8.12. The summed E-state index contributed by atoms with van der Waals surface area (Å²) in [5, 5.41) is 14.8. The molecule has 0 spiro atoms. The lowest BCUT2D eigenvalue weighted by atomic mass is 9.53. The maximum Gasteiger partial charge on any atom is 0.408 e. The van der Waals surface area contributed by atoms with Crippen LogP contribution in [-0.2, 0) is 11.2 Å². The summed E-state index contributed by atoms with van der Waals surface area (Å²) >= 11 is 0. The molecule has 1 heterocycles. The van der Waals surface area contributed by atoms with E-state index in [1.54, 1.807) is 4.90 Å². The van der Waals surface area contributed by atoms with Gasteiger partial charge < -0.3 is 21.1 Å². The molecule has 200 valence electrons. The lowest BCUT2D eigenvalue weighted by Gasteiger charge is -2.59. The molecule has 2 aromatic carbocycles. The van der Waals surface area contributed by atoms with Crippen molar-refractivity contribution in [1.82, 2.24) is 15.2 Å². The van der Waals surface area contributed by atoms with E-state index in [4.69, 9.17) is 5.73 Å². The molecule has 4 aliphatic carbocycles. The van der Waals surface area contributed by atoms with Gasteiger partial charge in [0.25, 0.3) is 0 Å². The zero-order valence-corrected chi connectivity index (χ0v) is 22.0. The molecule has 4 aliphatic rings. The monoisotopic (exact) mass is 514 g/mol. The number of H-pyrrole nitrogens is 1. The topological polar surface area (TPSA) is 111 Å². The first-order chi connectivity index (χ1) is 18.3. The first kappa shape index (κ1) is 25.0. The summed E-state index contributed by atoms with van der Waals surface area (Å²) in [6, 6.07) is 17.1. The van der Waals surface area contributed by atoms with Crippen LogP contribution in [0.5, 0.6) is 0 Å². The molecule has 2 amide bonds. The summed E-state index contributed by atoms with van der Waals surface area (Å²) in [4.78, 5) is 32.2. The third kappa shape index (κ3) is 4.37. The number of amides is 2. The van der Waals surface area contributed by atoms with Crippen LogP contribution in [0.1, 0.15) is 56.2 Å². The second-order valence-electron chi connectivity index (χ2n) is 12.1. The molecule has 7 heteroatoms. The van der Waals surface area contributed by atoms with Crippen LogP contribution in [0.15, 0.2) is 60.8 Å². The van der Waals surface area contributed by atoms with Crippen LogP contribution in [0.25, 0.3) is 10.9 Å². The van der Waals surface area contributed by atoms with E-state index in [0.29, 0.717) is 30.1 Å². The van der Waals surface area contributed by atoms with Crippen molar-refractivity contribution < 1.29 is 14.7 Å². The fraction of sp³-hybridized carbons (Fsp3) is 0.484. The predicted octanol–water partition coefficient (Wildman–Crippen LogP) is 5.09. The number of rotatable bonds is 8. The lowest BCUT2D eigenvalue weighted by molar-refractivity contribution is -0.140. The Morgan fingerprint density at radius 1 is 1.03 bits per heavy atom. The molecule has 0 saturated heterocycles. The molecular weight excluding hydrogens is 476 g/mol. The number of nitrogens with two attached hydrogens (primary N) is 1. The minimum atomic E-state index is -1.28. The minimum absolute atomic E-state index is 0.135. The van der Waals surface area contributed by atoms with E-state index in [1.165, 1.54) is 6.42 Å². The van der Waals surface area contributed by atoms with Gasteiger partial charge in [0, 0.05) is 42.1 Å². The summed E-state index contributed by atoms with van der Waals surface area (Å²) < 4.78 is 0. The number of benzene rings is 2. The van der Waals surface area contributed by atoms with Crippen molar-refractivity contribution in [3.8, 4) is 0 Å². The van der Waals surface area contributed by atoms with Crippen LogP contribution in [0.3, 0.4) is 0 Å². The third-order valence-corrected chi connectivity index (χ3v) is 9.62. The van der Waals surface area contributed by atoms with Gasteiger partial charge in [-0.2, -0.15) is 0 Å². The Kier molecular flexibility index (Phi) is 6.42. The van der Waals surface area contributed by atoms with Crippen molar-refractivity contribution in [3.63, 3.8) is 0 Å². The van der Waals surface area contributed by atoms with Gasteiger partial charge in [-0.25, -0.2) is 4.79 Å². The van der Waals surface area contributed by atoms with E-state index in [2.05, 4.69) is 10.3 Å². The maximum absolute atomic E-state index is 14.2. The van der Waals surface area contributed by atoms with Crippen LogP contribution >= 0.6 is 0 Å². The SMILES string of the molecule is CC(Cc1c[nH]c2ccccc12)(C(=O)NCC(N)c1ccccc1)N(C(=O)O)C1C2CC3CC(C2)CC1C3. The predicted molar refractivity (Wildman–Crippen MR) is 147 cm³/mol. The Balaban J connectivity index is 1.34.